The minimum Gasteiger partial charge on any atom is -0.475 e. The SMILES string of the molecule is CC1(C)COC(c2cccc(-c3ccc4c(c3)B3c5cc(-c6cccc(C7=NC(C)(C)CO7)c6)ccc5Oc5cccc(c53)O4)c2)=N1. The molecular formula is C40H33BN2O4. The van der Waals surface area contributed by atoms with Crippen LogP contribution in [-0.2, 0) is 9.47 Å². The van der Waals surface area contributed by atoms with Crippen LogP contribution in [0.3, 0.4) is 0 Å². The van der Waals surface area contributed by atoms with Crippen molar-refractivity contribution in [2.24, 2.45) is 9.98 Å². The molecule has 4 heterocycles. The van der Waals surface area contributed by atoms with Gasteiger partial charge in [-0.1, -0.05) is 54.6 Å². The molecule has 0 fully saturated rings. The highest BCUT2D eigenvalue weighted by Crippen LogP contribution is 2.37. The van der Waals surface area contributed by atoms with E-state index in [-0.39, 0.29) is 17.8 Å². The standard InChI is InChI=1S/C40H33BN2O4/c1-39(2)22-44-37(42-39)28-10-5-8-24(18-28)26-14-16-32-30(20-26)41-31-21-27(15-17-33(31)47-35-13-7-12-34(46-32)36(35)41)25-9-6-11-29(19-25)38-43-40(3,4)23-45-38/h5-21H,22-23H2,1-4H3. The Hall–Kier alpha value is -5.30. The largest absolute Gasteiger partial charge is 0.475 e. The molecule has 0 aromatic heterocycles. The number of aliphatic imine (C=N–C) groups is 2. The second-order valence-corrected chi connectivity index (χ2v) is 14.0. The number of nitrogens with zero attached hydrogens (tertiary/aromatic N) is 2. The number of ether oxygens (including phenoxy) is 4. The van der Waals surface area contributed by atoms with Crippen LogP contribution in [0.25, 0.3) is 22.3 Å². The lowest BCUT2D eigenvalue weighted by Crippen LogP contribution is -2.57. The molecule has 0 atom stereocenters. The molecule has 6 nitrogen and oxygen atoms in total. The third-order valence-electron chi connectivity index (χ3n) is 9.21. The van der Waals surface area contributed by atoms with Crippen molar-refractivity contribution in [3.8, 4) is 45.3 Å². The van der Waals surface area contributed by atoms with Gasteiger partial charge in [-0.3, -0.25) is 0 Å². The molecule has 0 saturated carbocycles. The number of benzene rings is 5. The molecule has 4 aliphatic rings. The molecule has 0 bridgehead atoms. The van der Waals surface area contributed by atoms with Gasteiger partial charge >= 0.3 is 0 Å². The molecule has 7 heteroatoms. The van der Waals surface area contributed by atoms with Crippen LogP contribution in [-0.4, -0.2) is 42.8 Å². The highest BCUT2D eigenvalue weighted by atomic mass is 16.5. The fourth-order valence-corrected chi connectivity index (χ4v) is 6.92. The van der Waals surface area contributed by atoms with E-state index in [9.17, 15) is 0 Å². The molecule has 230 valence electrons. The van der Waals surface area contributed by atoms with E-state index in [0.717, 1.165) is 72.8 Å². The first-order chi connectivity index (χ1) is 22.7. The Bertz CT molecular complexity index is 2030. The summed E-state index contributed by atoms with van der Waals surface area (Å²) >= 11 is 0. The Morgan fingerprint density at radius 1 is 0.489 bits per heavy atom. The van der Waals surface area contributed by atoms with Crippen LogP contribution < -0.4 is 25.9 Å². The van der Waals surface area contributed by atoms with Gasteiger partial charge in [-0.25, -0.2) is 9.98 Å². The zero-order valence-electron chi connectivity index (χ0n) is 26.8. The van der Waals surface area contributed by atoms with Gasteiger partial charge in [0.15, 0.2) is 0 Å². The van der Waals surface area contributed by atoms with Gasteiger partial charge in [-0.2, -0.15) is 0 Å². The average Bonchev–Trinajstić information content (AvgIpc) is 3.64. The summed E-state index contributed by atoms with van der Waals surface area (Å²) in [5, 5.41) is 0. The summed E-state index contributed by atoms with van der Waals surface area (Å²) in [5.41, 5.74) is 9.19. The third-order valence-corrected chi connectivity index (χ3v) is 9.21. The van der Waals surface area contributed by atoms with Gasteiger partial charge in [0.05, 0.1) is 11.1 Å². The smallest absolute Gasteiger partial charge is 0.260 e. The Morgan fingerprint density at radius 3 is 1.36 bits per heavy atom. The number of rotatable bonds is 4. The summed E-state index contributed by atoms with van der Waals surface area (Å²) in [6.07, 6.45) is 0. The van der Waals surface area contributed by atoms with Crippen molar-refractivity contribution in [1.82, 2.24) is 0 Å². The van der Waals surface area contributed by atoms with Gasteiger partial charge in [0, 0.05) is 16.6 Å². The van der Waals surface area contributed by atoms with Gasteiger partial charge < -0.3 is 18.9 Å². The van der Waals surface area contributed by atoms with Crippen molar-refractivity contribution in [2.75, 3.05) is 13.2 Å². The maximum Gasteiger partial charge on any atom is 0.260 e. The molecule has 47 heavy (non-hydrogen) atoms. The van der Waals surface area contributed by atoms with Gasteiger partial charge in [-0.15, -0.1) is 0 Å². The van der Waals surface area contributed by atoms with Crippen molar-refractivity contribution in [1.29, 1.82) is 0 Å². The number of hydrogen-bond donors (Lipinski definition) is 0. The predicted octanol–water partition coefficient (Wildman–Crippen LogP) is 6.86. The molecule has 0 amide bonds. The van der Waals surface area contributed by atoms with E-state index in [2.05, 4.69) is 113 Å². The topological polar surface area (TPSA) is 61.6 Å². The van der Waals surface area contributed by atoms with Crippen molar-refractivity contribution >= 4 is 34.9 Å². The first-order valence-corrected chi connectivity index (χ1v) is 16.1. The van der Waals surface area contributed by atoms with E-state index in [4.69, 9.17) is 28.9 Å². The van der Waals surface area contributed by atoms with Crippen LogP contribution in [0.5, 0.6) is 23.0 Å². The second-order valence-electron chi connectivity index (χ2n) is 14.0. The molecular weight excluding hydrogens is 583 g/mol. The summed E-state index contributed by atoms with van der Waals surface area (Å²) in [6, 6.07) is 35.9. The van der Waals surface area contributed by atoms with Gasteiger partial charge in [0.2, 0.25) is 11.8 Å². The second kappa shape index (κ2) is 10.1. The lowest BCUT2D eigenvalue weighted by atomic mass is 9.34. The number of hydrogen-bond acceptors (Lipinski definition) is 6. The van der Waals surface area contributed by atoms with Crippen molar-refractivity contribution in [3.05, 3.63) is 114 Å². The van der Waals surface area contributed by atoms with Crippen molar-refractivity contribution in [2.45, 2.75) is 38.8 Å². The fourth-order valence-electron chi connectivity index (χ4n) is 6.92. The van der Waals surface area contributed by atoms with Crippen LogP contribution in [0.4, 0.5) is 0 Å². The van der Waals surface area contributed by atoms with Crippen molar-refractivity contribution in [3.63, 3.8) is 0 Å². The minimum absolute atomic E-state index is 0.0633. The summed E-state index contributed by atoms with van der Waals surface area (Å²) in [6.45, 7) is 9.46. The molecule has 0 N–H and O–H groups in total. The predicted molar refractivity (Wildman–Crippen MR) is 188 cm³/mol. The number of fused-ring (bicyclic) bond motifs is 4. The van der Waals surface area contributed by atoms with Crippen LogP contribution in [0.15, 0.2) is 113 Å². The first-order valence-electron chi connectivity index (χ1n) is 16.1. The Balaban J connectivity index is 1.15. The molecule has 9 rings (SSSR count). The average molecular weight is 617 g/mol. The van der Waals surface area contributed by atoms with E-state index in [0.29, 0.717) is 25.0 Å². The summed E-state index contributed by atoms with van der Waals surface area (Å²) in [7, 11) is 0. The zero-order valence-corrected chi connectivity index (χ0v) is 26.8. The van der Waals surface area contributed by atoms with Crippen LogP contribution in [0, 0.1) is 0 Å². The summed E-state index contributed by atoms with van der Waals surface area (Å²) < 4.78 is 25.0. The maximum absolute atomic E-state index is 6.52. The van der Waals surface area contributed by atoms with Gasteiger partial charge in [0.25, 0.3) is 6.71 Å². The van der Waals surface area contributed by atoms with Crippen LogP contribution >= 0.6 is 0 Å². The molecule has 0 radical (unpaired) electrons. The maximum atomic E-state index is 6.52. The zero-order chi connectivity index (χ0) is 31.9. The van der Waals surface area contributed by atoms with E-state index in [1.54, 1.807) is 0 Å². The summed E-state index contributed by atoms with van der Waals surface area (Å²) in [4.78, 5) is 9.61. The molecule has 0 aliphatic carbocycles. The molecule has 0 spiro atoms. The van der Waals surface area contributed by atoms with Gasteiger partial charge in [-0.05, 0) is 109 Å². The van der Waals surface area contributed by atoms with E-state index in [1.807, 2.05) is 18.2 Å². The Kier molecular flexibility index (Phi) is 6.01. The molecule has 0 unspecified atom stereocenters. The van der Waals surface area contributed by atoms with E-state index in [1.165, 1.54) is 0 Å². The molecule has 5 aromatic rings. The quantitative estimate of drug-likeness (QED) is 0.203. The minimum atomic E-state index is -0.217. The van der Waals surface area contributed by atoms with Crippen molar-refractivity contribution < 1.29 is 18.9 Å². The normalized spacial score (nSPS) is 17.6. The molecule has 5 aromatic carbocycles. The van der Waals surface area contributed by atoms with Crippen LogP contribution in [0.1, 0.15) is 38.8 Å². The Morgan fingerprint density at radius 2 is 0.915 bits per heavy atom. The fraction of sp³-hybridized carbons (Fsp3) is 0.200. The lowest BCUT2D eigenvalue weighted by molar-refractivity contribution is 0.279. The summed E-state index contributed by atoms with van der Waals surface area (Å²) in [5.74, 6) is 4.74. The van der Waals surface area contributed by atoms with Crippen LogP contribution in [0.2, 0.25) is 0 Å². The lowest BCUT2D eigenvalue weighted by Gasteiger charge is -2.33. The highest BCUT2D eigenvalue weighted by molar-refractivity contribution is 6.98. The molecule has 4 aliphatic heterocycles. The Labute approximate surface area is 274 Å². The third kappa shape index (κ3) is 4.80. The monoisotopic (exact) mass is 616 g/mol. The van der Waals surface area contributed by atoms with E-state index >= 15 is 0 Å². The van der Waals surface area contributed by atoms with Gasteiger partial charge in [0.1, 0.15) is 36.2 Å². The molecule has 0 saturated heterocycles. The van der Waals surface area contributed by atoms with E-state index < -0.39 is 0 Å². The highest BCUT2D eigenvalue weighted by Gasteiger charge is 2.40. The first kappa shape index (κ1) is 28.0.